The van der Waals surface area contributed by atoms with Gasteiger partial charge in [0.25, 0.3) is 0 Å². The van der Waals surface area contributed by atoms with Crippen molar-refractivity contribution in [2.75, 3.05) is 25.6 Å². The van der Waals surface area contributed by atoms with Crippen LogP contribution in [0.25, 0.3) is 0 Å². The Hall–Kier alpha value is -2.61. The summed E-state index contributed by atoms with van der Waals surface area (Å²) in [6, 6.07) is 6.84. The van der Waals surface area contributed by atoms with Crippen molar-refractivity contribution in [1.29, 1.82) is 0 Å². The van der Waals surface area contributed by atoms with Crippen molar-refractivity contribution >= 4 is 23.5 Å². The average Bonchev–Trinajstić information content (AvgIpc) is 3.37. The molecule has 0 radical (unpaired) electrons. The third kappa shape index (κ3) is 2.07. The Balaban J connectivity index is 1.87. The van der Waals surface area contributed by atoms with E-state index in [4.69, 9.17) is 9.47 Å². The smallest absolute Gasteiger partial charge is 0.344 e. The van der Waals surface area contributed by atoms with Crippen molar-refractivity contribution in [1.82, 2.24) is 4.90 Å². The number of para-hydroxylation sites is 1. The van der Waals surface area contributed by atoms with Gasteiger partial charge in [0.15, 0.2) is 6.10 Å². The lowest BCUT2D eigenvalue weighted by Crippen LogP contribution is -2.79. The maximum Gasteiger partial charge on any atom is 0.344 e. The molecule has 6 atom stereocenters. The Morgan fingerprint density at radius 2 is 1.97 bits per heavy atom. The summed E-state index contributed by atoms with van der Waals surface area (Å²) < 4.78 is 10.9. The monoisotopic (exact) mass is 428 g/mol. The van der Waals surface area contributed by atoms with Gasteiger partial charge in [0.2, 0.25) is 11.5 Å². The number of anilines is 1. The number of fused-ring (bicyclic) bond motifs is 1. The van der Waals surface area contributed by atoms with E-state index in [9.17, 15) is 19.5 Å². The Bertz CT molecular complexity index is 996. The van der Waals surface area contributed by atoms with E-state index in [2.05, 4.69) is 0 Å². The number of aliphatic hydroxyl groups is 1. The molecule has 1 spiro atoms. The molecule has 8 heteroatoms. The highest BCUT2D eigenvalue weighted by molar-refractivity contribution is 5.90. The number of methoxy groups -OCH3 is 1. The number of amides is 1. The molecule has 31 heavy (non-hydrogen) atoms. The molecule has 0 bridgehead atoms. The van der Waals surface area contributed by atoms with Gasteiger partial charge >= 0.3 is 11.9 Å². The lowest BCUT2D eigenvalue weighted by molar-refractivity contribution is -0.229. The molecule has 1 amide bonds. The molecule has 3 aliphatic heterocycles. The second kappa shape index (κ2) is 6.22. The molecule has 1 saturated carbocycles. The fourth-order valence-corrected chi connectivity index (χ4v) is 7.56. The topological polar surface area (TPSA) is 96.4 Å². The van der Waals surface area contributed by atoms with Crippen molar-refractivity contribution in [3.63, 3.8) is 0 Å². The van der Waals surface area contributed by atoms with Crippen molar-refractivity contribution in [3.8, 4) is 0 Å². The van der Waals surface area contributed by atoms with Gasteiger partial charge in [-0.2, -0.15) is 0 Å². The van der Waals surface area contributed by atoms with Gasteiger partial charge in [-0.1, -0.05) is 25.1 Å². The molecule has 3 heterocycles. The predicted molar refractivity (Wildman–Crippen MR) is 110 cm³/mol. The van der Waals surface area contributed by atoms with E-state index in [1.807, 2.05) is 48.0 Å². The second-order valence-corrected chi connectivity index (χ2v) is 9.38. The minimum absolute atomic E-state index is 0.0271. The van der Waals surface area contributed by atoms with Gasteiger partial charge in [0, 0.05) is 43.5 Å². The Labute approximate surface area is 181 Å². The number of rotatable bonds is 3. The summed E-state index contributed by atoms with van der Waals surface area (Å²) in [5.74, 6) is -1.47. The van der Waals surface area contributed by atoms with Gasteiger partial charge in [-0.3, -0.25) is 9.59 Å². The van der Waals surface area contributed by atoms with Crippen LogP contribution < -0.4 is 4.90 Å². The summed E-state index contributed by atoms with van der Waals surface area (Å²) in [6.45, 7) is 3.73. The highest BCUT2D eigenvalue weighted by Crippen LogP contribution is 2.69. The molecule has 166 valence electrons. The normalized spacial score (nSPS) is 39.8. The van der Waals surface area contributed by atoms with Crippen LogP contribution in [0, 0.1) is 5.41 Å². The van der Waals surface area contributed by atoms with E-state index in [-0.39, 0.29) is 18.4 Å². The quantitative estimate of drug-likeness (QED) is 0.718. The minimum Gasteiger partial charge on any atom is -0.467 e. The maximum atomic E-state index is 13.3. The van der Waals surface area contributed by atoms with E-state index < -0.39 is 40.5 Å². The van der Waals surface area contributed by atoms with Crippen LogP contribution in [0.15, 0.2) is 24.3 Å². The molecule has 4 aliphatic rings. The van der Waals surface area contributed by atoms with Gasteiger partial charge in [-0.15, -0.1) is 0 Å². The Morgan fingerprint density at radius 3 is 2.61 bits per heavy atom. The Morgan fingerprint density at radius 1 is 1.26 bits per heavy atom. The molecular weight excluding hydrogens is 400 g/mol. The maximum absolute atomic E-state index is 13.3. The summed E-state index contributed by atoms with van der Waals surface area (Å²) in [7, 11) is 3.07. The third-order valence-corrected chi connectivity index (χ3v) is 8.37. The van der Waals surface area contributed by atoms with E-state index in [0.29, 0.717) is 19.4 Å². The number of hydrogen-bond donors (Lipinski definition) is 1. The minimum atomic E-state index is -2.14. The number of benzene rings is 1. The largest absolute Gasteiger partial charge is 0.467 e. The van der Waals surface area contributed by atoms with Gasteiger partial charge in [0.1, 0.15) is 0 Å². The fraction of sp³-hybridized carbons (Fsp3) is 0.609. The molecule has 1 N–H and O–H groups in total. The summed E-state index contributed by atoms with van der Waals surface area (Å²) in [5, 5.41) is 12.3. The van der Waals surface area contributed by atoms with Crippen LogP contribution in [0.2, 0.25) is 0 Å². The first-order chi connectivity index (χ1) is 14.7. The van der Waals surface area contributed by atoms with Crippen molar-refractivity contribution < 1.29 is 29.0 Å². The van der Waals surface area contributed by atoms with E-state index in [1.165, 1.54) is 14.0 Å². The third-order valence-electron chi connectivity index (χ3n) is 8.37. The van der Waals surface area contributed by atoms with Gasteiger partial charge in [0.05, 0.1) is 19.2 Å². The summed E-state index contributed by atoms with van der Waals surface area (Å²) in [5.41, 5.74) is -1.79. The van der Waals surface area contributed by atoms with Crippen LogP contribution >= 0.6 is 0 Å². The lowest BCUT2D eigenvalue weighted by atomic mass is 9.48. The zero-order valence-corrected chi connectivity index (χ0v) is 18.3. The van der Waals surface area contributed by atoms with E-state index in [0.717, 1.165) is 11.3 Å². The molecule has 2 saturated heterocycles. The van der Waals surface area contributed by atoms with Crippen LogP contribution in [-0.4, -0.2) is 72.3 Å². The standard InChI is InChI=1S/C23H28N2O6/c1-5-21-12-16(27)25-11-10-22(17(21)25)14-8-6-7-9-15(14)24(3)18(22)23(29,20(28)30-4)19(21)31-13(2)26/h6-9,17-19,29H,5,10-12H2,1-4H3/t17-,18+,19+,21+,22+,23-/m0/s1. The van der Waals surface area contributed by atoms with Crippen LogP contribution in [0.4, 0.5) is 5.69 Å². The number of ether oxygens (including phenoxy) is 2. The van der Waals surface area contributed by atoms with Crippen LogP contribution in [-0.2, 0) is 29.3 Å². The van der Waals surface area contributed by atoms with Gasteiger partial charge < -0.3 is 24.4 Å². The fourth-order valence-electron chi connectivity index (χ4n) is 7.56. The van der Waals surface area contributed by atoms with Crippen LogP contribution in [0.1, 0.15) is 38.7 Å². The SMILES string of the molecule is CC[C@]12CC(=O)N3CC[C@@]4(c5ccccc5N(C)[C@H]4[C@@](O)(C(=O)OC)[C@@H]1OC(C)=O)[C@@H]32. The summed E-state index contributed by atoms with van der Waals surface area (Å²) in [6.07, 6.45) is -0.00564. The van der Waals surface area contributed by atoms with Crippen molar-refractivity contribution in [2.45, 2.75) is 62.3 Å². The molecule has 5 rings (SSSR count). The number of carbonyl (C=O) groups is 3. The van der Waals surface area contributed by atoms with E-state index in [1.54, 1.807) is 0 Å². The summed E-state index contributed by atoms with van der Waals surface area (Å²) >= 11 is 0. The van der Waals surface area contributed by atoms with Crippen molar-refractivity contribution in [2.24, 2.45) is 5.41 Å². The number of carbonyl (C=O) groups excluding carboxylic acids is 3. The molecule has 8 nitrogen and oxygen atoms in total. The number of hydrogen-bond acceptors (Lipinski definition) is 7. The van der Waals surface area contributed by atoms with Crippen molar-refractivity contribution in [3.05, 3.63) is 29.8 Å². The summed E-state index contributed by atoms with van der Waals surface area (Å²) in [4.78, 5) is 42.5. The molecular formula is C23H28N2O6. The first-order valence-electron chi connectivity index (χ1n) is 10.8. The van der Waals surface area contributed by atoms with Crippen LogP contribution in [0.3, 0.4) is 0 Å². The highest BCUT2D eigenvalue weighted by atomic mass is 16.6. The van der Waals surface area contributed by atoms with Gasteiger partial charge in [-0.05, 0) is 24.5 Å². The molecule has 0 unspecified atom stereocenters. The molecule has 1 aromatic rings. The highest BCUT2D eigenvalue weighted by Gasteiger charge is 2.82. The number of nitrogens with zero attached hydrogens (tertiary/aromatic N) is 2. The van der Waals surface area contributed by atoms with E-state index >= 15 is 0 Å². The van der Waals surface area contributed by atoms with Gasteiger partial charge in [-0.25, -0.2) is 4.79 Å². The van der Waals surface area contributed by atoms with Crippen LogP contribution in [0.5, 0.6) is 0 Å². The lowest BCUT2D eigenvalue weighted by Gasteiger charge is -2.60. The molecule has 1 aliphatic carbocycles. The first kappa shape index (κ1) is 20.3. The molecule has 0 aromatic heterocycles. The molecule has 3 fully saturated rings. The zero-order chi connectivity index (χ0) is 22.3. The Kier molecular flexibility index (Phi) is 4.07. The zero-order valence-electron chi connectivity index (χ0n) is 18.3. The predicted octanol–water partition coefficient (Wildman–Crippen LogP) is 0.993. The number of esters is 2. The molecule has 1 aromatic carbocycles. The number of likely N-dealkylation sites (N-methyl/N-ethyl adjacent to an activating group) is 1. The second-order valence-electron chi connectivity index (χ2n) is 9.38. The average molecular weight is 428 g/mol. The first-order valence-corrected chi connectivity index (χ1v) is 10.8.